The number of hydrogen-bond donors (Lipinski definition) is 0. The number of amides is 1. The molecule has 1 rings (SSSR count). The molecule has 30 heavy (non-hydrogen) atoms. The number of ether oxygens (including phenoxy) is 1. The second kappa shape index (κ2) is 15.7. The van der Waals surface area contributed by atoms with Crippen LogP contribution in [0.25, 0.3) is 0 Å². The van der Waals surface area contributed by atoms with Crippen LogP contribution in [-0.2, 0) is 14.3 Å². The summed E-state index contributed by atoms with van der Waals surface area (Å²) >= 11 is 0. The maximum absolute atomic E-state index is 12.5. The van der Waals surface area contributed by atoms with Gasteiger partial charge in [0.2, 0.25) is 5.91 Å². The van der Waals surface area contributed by atoms with Gasteiger partial charge in [-0.05, 0) is 19.3 Å². The fourth-order valence-corrected chi connectivity index (χ4v) is 4.25. The first-order chi connectivity index (χ1) is 14.4. The Balaban J connectivity index is 1.96. The fraction of sp³-hybridized carbons (Fsp3) is 0.923. The lowest BCUT2D eigenvalue weighted by Gasteiger charge is -2.29. The molecule has 1 heterocycles. The van der Waals surface area contributed by atoms with Crippen molar-refractivity contribution in [1.29, 1.82) is 0 Å². The molecule has 0 aromatic rings. The maximum Gasteiger partial charge on any atom is 0.328 e. The first kappa shape index (κ1) is 27.0. The van der Waals surface area contributed by atoms with Crippen LogP contribution in [0.1, 0.15) is 130 Å². The molecule has 1 aliphatic heterocycles. The predicted octanol–water partition coefficient (Wildman–Crippen LogP) is 7.05. The van der Waals surface area contributed by atoms with Crippen LogP contribution >= 0.6 is 0 Å². The zero-order chi connectivity index (χ0) is 22.2. The average molecular weight is 424 g/mol. The highest BCUT2D eigenvalue weighted by molar-refractivity contribution is 5.88. The van der Waals surface area contributed by atoms with Gasteiger partial charge in [0, 0.05) is 12.0 Å². The van der Waals surface area contributed by atoms with Gasteiger partial charge < -0.3 is 9.64 Å². The topological polar surface area (TPSA) is 46.6 Å². The van der Waals surface area contributed by atoms with Crippen molar-refractivity contribution in [1.82, 2.24) is 4.90 Å². The van der Waals surface area contributed by atoms with Crippen LogP contribution in [0.5, 0.6) is 0 Å². The van der Waals surface area contributed by atoms with E-state index in [-0.39, 0.29) is 17.9 Å². The molecule has 1 fully saturated rings. The second-order valence-corrected chi connectivity index (χ2v) is 10.2. The minimum absolute atomic E-state index is 0.0541. The van der Waals surface area contributed by atoms with Crippen molar-refractivity contribution < 1.29 is 14.3 Å². The fourth-order valence-electron chi connectivity index (χ4n) is 4.25. The highest BCUT2D eigenvalue weighted by atomic mass is 16.5. The van der Waals surface area contributed by atoms with E-state index in [0.29, 0.717) is 13.2 Å². The van der Waals surface area contributed by atoms with Gasteiger partial charge in [-0.3, -0.25) is 4.79 Å². The van der Waals surface area contributed by atoms with E-state index in [1.807, 2.05) is 20.8 Å². The molecule has 0 N–H and O–H groups in total. The summed E-state index contributed by atoms with van der Waals surface area (Å²) in [4.78, 5) is 26.6. The summed E-state index contributed by atoms with van der Waals surface area (Å²) in [7, 11) is 0. The molecule has 0 radical (unpaired) electrons. The van der Waals surface area contributed by atoms with E-state index in [9.17, 15) is 9.59 Å². The Bertz CT molecular complexity index is 469. The van der Waals surface area contributed by atoms with Crippen LogP contribution in [0.15, 0.2) is 0 Å². The SMILES string of the molecule is CCCCCCCCCCCCCCCCOC(=O)C1CCCN1C(=O)C(C)(C)C. The summed E-state index contributed by atoms with van der Waals surface area (Å²) in [6.07, 6.45) is 20.1. The van der Waals surface area contributed by atoms with Gasteiger partial charge in [-0.2, -0.15) is 0 Å². The molecule has 1 saturated heterocycles. The average Bonchev–Trinajstić information content (AvgIpc) is 3.19. The molecule has 0 aromatic carbocycles. The van der Waals surface area contributed by atoms with E-state index < -0.39 is 5.41 Å². The highest BCUT2D eigenvalue weighted by Crippen LogP contribution is 2.26. The number of unbranched alkanes of at least 4 members (excludes halogenated alkanes) is 13. The molecule has 0 saturated carbocycles. The van der Waals surface area contributed by atoms with Gasteiger partial charge in [0.05, 0.1) is 6.61 Å². The van der Waals surface area contributed by atoms with E-state index in [2.05, 4.69) is 6.92 Å². The van der Waals surface area contributed by atoms with E-state index >= 15 is 0 Å². The van der Waals surface area contributed by atoms with Crippen molar-refractivity contribution in [3.05, 3.63) is 0 Å². The number of carbonyl (C=O) groups is 2. The summed E-state index contributed by atoms with van der Waals surface area (Å²) in [6, 6.07) is -0.372. The third-order valence-electron chi connectivity index (χ3n) is 6.17. The van der Waals surface area contributed by atoms with E-state index in [4.69, 9.17) is 4.74 Å². The van der Waals surface area contributed by atoms with Gasteiger partial charge in [0.15, 0.2) is 0 Å². The van der Waals surface area contributed by atoms with Crippen LogP contribution in [0.3, 0.4) is 0 Å². The Kier molecular flexibility index (Phi) is 14.1. The lowest BCUT2D eigenvalue weighted by atomic mass is 9.94. The van der Waals surface area contributed by atoms with E-state index in [1.165, 1.54) is 77.0 Å². The Morgan fingerprint density at radius 3 is 1.73 bits per heavy atom. The summed E-state index contributed by atoms with van der Waals surface area (Å²) < 4.78 is 5.49. The molecule has 0 aliphatic carbocycles. The first-order valence-electron chi connectivity index (χ1n) is 12.9. The summed E-state index contributed by atoms with van der Waals surface area (Å²) in [6.45, 7) is 9.16. The number of likely N-dealkylation sites (tertiary alicyclic amines) is 1. The van der Waals surface area contributed by atoms with Crippen molar-refractivity contribution in [2.24, 2.45) is 5.41 Å². The predicted molar refractivity (Wildman–Crippen MR) is 125 cm³/mol. The number of nitrogens with zero attached hydrogens (tertiary/aromatic N) is 1. The Morgan fingerprint density at radius 2 is 1.27 bits per heavy atom. The Labute approximate surface area is 186 Å². The monoisotopic (exact) mass is 423 g/mol. The molecule has 1 atom stereocenters. The summed E-state index contributed by atoms with van der Waals surface area (Å²) in [5.41, 5.74) is -0.447. The van der Waals surface area contributed by atoms with Crippen molar-refractivity contribution in [2.45, 2.75) is 136 Å². The van der Waals surface area contributed by atoms with Crippen LogP contribution in [-0.4, -0.2) is 36.0 Å². The minimum Gasteiger partial charge on any atom is -0.464 e. The van der Waals surface area contributed by atoms with Gasteiger partial charge >= 0.3 is 5.97 Å². The van der Waals surface area contributed by atoms with Gasteiger partial charge in [0.1, 0.15) is 6.04 Å². The Hall–Kier alpha value is -1.06. The molecular formula is C26H49NO3. The van der Waals surface area contributed by atoms with Crippen molar-refractivity contribution >= 4 is 11.9 Å². The molecule has 0 bridgehead atoms. The van der Waals surface area contributed by atoms with Crippen LogP contribution in [0.2, 0.25) is 0 Å². The van der Waals surface area contributed by atoms with Crippen LogP contribution in [0.4, 0.5) is 0 Å². The number of rotatable bonds is 16. The summed E-state index contributed by atoms with van der Waals surface area (Å²) in [5, 5.41) is 0. The van der Waals surface area contributed by atoms with Gasteiger partial charge in [-0.15, -0.1) is 0 Å². The van der Waals surface area contributed by atoms with Gasteiger partial charge in [-0.25, -0.2) is 4.79 Å². The zero-order valence-electron chi connectivity index (χ0n) is 20.5. The molecule has 1 unspecified atom stereocenters. The highest BCUT2D eigenvalue weighted by Gasteiger charge is 2.39. The lowest BCUT2D eigenvalue weighted by molar-refractivity contribution is -0.156. The third kappa shape index (κ3) is 11.4. The van der Waals surface area contributed by atoms with E-state index in [0.717, 1.165) is 25.7 Å². The quantitative estimate of drug-likeness (QED) is 0.197. The minimum atomic E-state index is -0.447. The molecule has 4 nitrogen and oxygen atoms in total. The molecule has 0 aromatic heterocycles. The standard InChI is InChI=1S/C26H49NO3/c1-5-6-7-8-9-10-11-12-13-14-15-16-17-18-22-30-24(28)23-20-19-21-27(23)25(29)26(2,3)4/h23H,5-22H2,1-4H3. The molecular weight excluding hydrogens is 374 g/mol. The largest absolute Gasteiger partial charge is 0.464 e. The molecule has 0 spiro atoms. The molecule has 1 aliphatic rings. The Morgan fingerprint density at radius 1 is 0.800 bits per heavy atom. The van der Waals surface area contributed by atoms with E-state index in [1.54, 1.807) is 4.90 Å². The molecule has 1 amide bonds. The first-order valence-corrected chi connectivity index (χ1v) is 12.9. The lowest BCUT2D eigenvalue weighted by Crippen LogP contribution is -2.46. The van der Waals surface area contributed by atoms with Gasteiger partial charge in [0.25, 0.3) is 0 Å². The second-order valence-electron chi connectivity index (χ2n) is 10.2. The van der Waals surface area contributed by atoms with Crippen molar-refractivity contribution in [3.63, 3.8) is 0 Å². The number of hydrogen-bond acceptors (Lipinski definition) is 3. The number of esters is 1. The van der Waals surface area contributed by atoms with Crippen molar-refractivity contribution in [3.8, 4) is 0 Å². The van der Waals surface area contributed by atoms with Crippen molar-refractivity contribution in [2.75, 3.05) is 13.2 Å². The molecule has 4 heteroatoms. The zero-order valence-corrected chi connectivity index (χ0v) is 20.5. The summed E-state index contributed by atoms with van der Waals surface area (Å²) in [5.74, 6) is -0.154. The molecule has 176 valence electrons. The van der Waals surface area contributed by atoms with Gasteiger partial charge in [-0.1, -0.05) is 111 Å². The maximum atomic E-state index is 12.5. The third-order valence-corrected chi connectivity index (χ3v) is 6.17. The smallest absolute Gasteiger partial charge is 0.328 e. The van der Waals surface area contributed by atoms with Crippen LogP contribution < -0.4 is 0 Å². The van der Waals surface area contributed by atoms with Crippen LogP contribution in [0, 0.1) is 5.41 Å². The number of carbonyl (C=O) groups excluding carboxylic acids is 2. The normalized spacial score (nSPS) is 16.8.